The molecule has 2 N–H and O–H groups in total. The summed E-state index contributed by atoms with van der Waals surface area (Å²) in [7, 11) is 0. The molecule has 2 rings (SSSR count). The van der Waals surface area contributed by atoms with Crippen LogP contribution in [0.5, 0.6) is 0 Å². The Labute approximate surface area is 115 Å². The summed E-state index contributed by atoms with van der Waals surface area (Å²) in [5.41, 5.74) is 6.82. The van der Waals surface area contributed by atoms with Crippen LogP contribution in [0.25, 0.3) is 0 Å². The quantitative estimate of drug-likeness (QED) is 0.867. The van der Waals surface area contributed by atoms with Gasteiger partial charge in [0.1, 0.15) is 6.07 Å². The third-order valence-corrected chi connectivity index (χ3v) is 4.27. The molecule has 1 saturated heterocycles. The van der Waals surface area contributed by atoms with Gasteiger partial charge in [0, 0.05) is 19.1 Å². The van der Waals surface area contributed by atoms with Crippen LogP contribution in [0.4, 0.5) is 10.1 Å². The van der Waals surface area contributed by atoms with E-state index < -0.39 is 0 Å². The van der Waals surface area contributed by atoms with Crippen molar-refractivity contribution in [2.75, 3.05) is 18.0 Å². The van der Waals surface area contributed by atoms with Crippen molar-refractivity contribution in [3.63, 3.8) is 0 Å². The number of hydrogen-bond donors (Lipinski definition) is 1. The molecule has 0 amide bonds. The largest absolute Gasteiger partial charge is 0.369 e. The van der Waals surface area contributed by atoms with E-state index in [2.05, 4.69) is 22.9 Å². The molecule has 1 aromatic rings. The van der Waals surface area contributed by atoms with Gasteiger partial charge in [0.25, 0.3) is 0 Å². The fourth-order valence-corrected chi connectivity index (χ4v) is 2.68. The van der Waals surface area contributed by atoms with Gasteiger partial charge in [0.2, 0.25) is 0 Å². The molecule has 0 spiro atoms. The predicted molar refractivity (Wildman–Crippen MR) is 72.8 cm³/mol. The Bertz CT molecular complexity index is 498. The van der Waals surface area contributed by atoms with Crippen molar-refractivity contribution in [3.8, 4) is 6.07 Å². The molecule has 1 heterocycles. The number of piperidine rings is 1. The lowest BCUT2D eigenvalue weighted by Gasteiger charge is -2.36. The molecular formula is C13H15BrFN3. The maximum atomic E-state index is 14.2. The van der Waals surface area contributed by atoms with Crippen LogP contribution in [-0.2, 0) is 0 Å². The van der Waals surface area contributed by atoms with Crippen LogP contribution in [0.15, 0.2) is 16.6 Å². The smallest absolute Gasteiger partial charge is 0.161 e. The van der Waals surface area contributed by atoms with Crippen molar-refractivity contribution in [3.05, 3.63) is 28.0 Å². The first kappa shape index (κ1) is 13.3. The Morgan fingerprint density at radius 1 is 1.56 bits per heavy atom. The Hall–Kier alpha value is -1.12. The number of nitrogens with two attached hydrogens (primary N) is 1. The van der Waals surface area contributed by atoms with Crippen LogP contribution in [0, 0.1) is 23.1 Å². The van der Waals surface area contributed by atoms with Gasteiger partial charge < -0.3 is 10.6 Å². The Morgan fingerprint density at radius 3 is 2.89 bits per heavy atom. The molecule has 96 valence electrons. The number of hydrogen-bond acceptors (Lipinski definition) is 3. The zero-order valence-corrected chi connectivity index (χ0v) is 11.7. The first-order chi connectivity index (χ1) is 8.54. The topological polar surface area (TPSA) is 53.0 Å². The highest BCUT2D eigenvalue weighted by molar-refractivity contribution is 9.10. The predicted octanol–water partition coefficient (Wildman–Crippen LogP) is 2.63. The molecule has 0 aromatic heterocycles. The van der Waals surface area contributed by atoms with Crippen molar-refractivity contribution in [2.24, 2.45) is 11.7 Å². The van der Waals surface area contributed by atoms with Gasteiger partial charge in [-0.05, 0) is 40.4 Å². The normalized spacial score (nSPS) is 23.8. The summed E-state index contributed by atoms with van der Waals surface area (Å²) in [6.45, 7) is 3.57. The minimum absolute atomic E-state index is 0.186. The molecule has 0 saturated carbocycles. The lowest BCUT2D eigenvalue weighted by atomic mass is 9.94. The molecule has 1 aliphatic rings. The number of rotatable bonds is 1. The van der Waals surface area contributed by atoms with E-state index in [0.29, 0.717) is 17.2 Å². The zero-order chi connectivity index (χ0) is 13.3. The summed E-state index contributed by atoms with van der Waals surface area (Å²) < 4.78 is 14.4. The van der Waals surface area contributed by atoms with Gasteiger partial charge >= 0.3 is 0 Å². The van der Waals surface area contributed by atoms with Crippen LogP contribution < -0.4 is 10.6 Å². The molecule has 18 heavy (non-hydrogen) atoms. The lowest BCUT2D eigenvalue weighted by molar-refractivity contribution is 0.380. The van der Waals surface area contributed by atoms with Gasteiger partial charge in [-0.15, -0.1) is 0 Å². The van der Waals surface area contributed by atoms with Crippen LogP contribution in [0.3, 0.4) is 0 Å². The molecule has 0 radical (unpaired) electrons. The molecule has 5 heteroatoms. The monoisotopic (exact) mass is 311 g/mol. The summed E-state index contributed by atoms with van der Waals surface area (Å²) in [6, 6.07) is 5.45. The molecule has 2 unspecified atom stereocenters. The van der Waals surface area contributed by atoms with E-state index in [-0.39, 0.29) is 16.3 Å². The molecule has 1 aliphatic heterocycles. The van der Waals surface area contributed by atoms with E-state index in [1.54, 1.807) is 12.1 Å². The van der Waals surface area contributed by atoms with Crippen LogP contribution in [-0.4, -0.2) is 19.1 Å². The van der Waals surface area contributed by atoms with E-state index in [0.717, 1.165) is 19.5 Å². The SMILES string of the molecule is CC1CN(c2ccc(C#N)c(Br)c2F)CCC1N. The molecule has 2 atom stereocenters. The third kappa shape index (κ3) is 2.36. The number of nitrogens with zero attached hydrogens (tertiary/aromatic N) is 2. The third-order valence-electron chi connectivity index (χ3n) is 3.49. The van der Waals surface area contributed by atoms with Gasteiger partial charge in [0.15, 0.2) is 5.82 Å². The first-order valence-corrected chi connectivity index (χ1v) is 6.72. The maximum Gasteiger partial charge on any atom is 0.161 e. The van der Waals surface area contributed by atoms with Crippen LogP contribution in [0.2, 0.25) is 0 Å². The van der Waals surface area contributed by atoms with Gasteiger partial charge in [-0.25, -0.2) is 4.39 Å². The first-order valence-electron chi connectivity index (χ1n) is 5.93. The highest BCUT2D eigenvalue weighted by Crippen LogP contribution is 2.31. The second-order valence-corrected chi connectivity index (χ2v) is 5.54. The highest BCUT2D eigenvalue weighted by atomic mass is 79.9. The highest BCUT2D eigenvalue weighted by Gasteiger charge is 2.25. The summed E-state index contributed by atoms with van der Waals surface area (Å²) >= 11 is 3.14. The van der Waals surface area contributed by atoms with Gasteiger partial charge in [-0.1, -0.05) is 6.92 Å². The standard InChI is InChI=1S/C13H15BrFN3/c1-8-7-18(5-4-10(8)17)11-3-2-9(6-16)12(14)13(11)15/h2-3,8,10H,4-5,7,17H2,1H3. The zero-order valence-electron chi connectivity index (χ0n) is 10.2. The van der Waals surface area contributed by atoms with Gasteiger partial charge in [-0.3, -0.25) is 0 Å². The number of anilines is 1. The summed E-state index contributed by atoms with van der Waals surface area (Å²) in [5.74, 6) is -0.0238. The van der Waals surface area contributed by atoms with E-state index in [4.69, 9.17) is 11.0 Å². The van der Waals surface area contributed by atoms with Crippen molar-refractivity contribution >= 4 is 21.6 Å². The van der Waals surface area contributed by atoms with Crippen LogP contribution >= 0.6 is 15.9 Å². The molecular weight excluding hydrogens is 297 g/mol. The van der Waals surface area contributed by atoms with E-state index in [1.807, 2.05) is 11.0 Å². The van der Waals surface area contributed by atoms with Crippen molar-refractivity contribution < 1.29 is 4.39 Å². The Balaban J connectivity index is 2.30. The summed E-state index contributed by atoms with van der Waals surface area (Å²) in [4.78, 5) is 2.00. The van der Waals surface area contributed by atoms with Gasteiger partial charge in [-0.2, -0.15) is 5.26 Å². The molecule has 0 bridgehead atoms. The molecule has 3 nitrogen and oxygen atoms in total. The molecule has 1 fully saturated rings. The summed E-state index contributed by atoms with van der Waals surface area (Å²) in [6.07, 6.45) is 0.859. The second-order valence-electron chi connectivity index (χ2n) is 4.75. The van der Waals surface area contributed by atoms with E-state index in [1.165, 1.54) is 0 Å². The Kier molecular flexibility index (Phi) is 3.88. The number of benzene rings is 1. The molecule has 1 aromatic carbocycles. The fraction of sp³-hybridized carbons (Fsp3) is 0.462. The van der Waals surface area contributed by atoms with Crippen molar-refractivity contribution in [1.82, 2.24) is 0 Å². The second kappa shape index (κ2) is 5.25. The van der Waals surface area contributed by atoms with Gasteiger partial charge in [0.05, 0.1) is 15.7 Å². The number of nitriles is 1. The fourth-order valence-electron chi connectivity index (χ4n) is 2.25. The van der Waals surface area contributed by atoms with Crippen molar-refractivity contribution in [2.45, 2.75) is 19.4 Å². The number of halogens is 2. The van der Waals surface area contributed by atoms with Crippen LogP contribution in [0.1, 0.15) is 18.9 Å². The molecule has 0 aliphatic carbocycles. The minimum atomic E-state index is -0.364. The van der Waals surface area contributed by atoms with E-state index in [9.17, 15) is 4.39 Å². The minimum Gasteiger partial charge on any atom is -0.369 e. The van der Waals surface area contributed by atoms with E-state index >= 15 is 0 Å². The summed E-state index contributed by atoms with van der Waals surface area (Å²) in [5, 5.41) is 8.84. The van der Waals surface area contributed by atoms with Crippen molar-refractivity contribution in [1.29, 1.82) is 5.26 Å². The lowest BCUT2D eigenvalue weighted by Crippen LogP contribution is -2.46. The maximum absolute atomic E-state index is 14.2. The average Bonchev–Trinajstić information content (AvgIpc) is 2.36. The Morgan fingerprint density at radius 2 is 2.28 bits per heavy atom. The average molecular weight is 312 g/mol.